The van der Waals surface area contributed by atoms with Crippen molar-refractivity contribution >= 4 is 22.8 Å². The highest BCUT2D eigenvalue weighted by Gasteiger charge is 2.35. The van der Waals surface area contributed by atoms with E-state index in [9.17, 15) is 9.59 Å². The van der Waals surface area contributed by atoms with Gasteiger partial charge in [-0.25, -0.2) is 14.2 Å². The van der Waals surface area contributed by atoms with E-state index in [1.165, 1.54) is 22.9 Å². The SMILES string of the molecule is CC#CC(=O)N[C@H]1C[C@@H](n2c(=O)n(-c3ccc(Oc4ccccc4)cc3F)c3c(N)nccc32)C1. The number of ether oxygens (including phenoxy) is 1. The number of fused-ring (bicyclic) bond motifs is 1. The number of carbonyl (C=O) groups is 1. The Morgan fingerprint density at radius 2 is 1.94 bits per heavy atom. The fourth-order valence-corrected chi connectivity index (χ4v) is 4.37. The van der Waals surface area contributed by atoms with Gasteiger partial charge in [0.15, 0.2) is 5.82 Å². The number of rotatable bonds is 5. The van der Waals surface area contributed by atoms with Crippen LogP contribution in [0.15, 0.2) is 65.6 Å². The van der Waals surface area contributed by atoms with Gasteiger partial charge in [-0.1, -0.05) is 24.1 Å². The zero-order chi connectivity index (χ0) is 24.5. The van der Waals surface area contributed by atoms with Crippen LogP contribution in [0.2, 0.25) is 0 Å². The van der Waals surface area contributed by atoms with E-state index in [1.807, 2.05) is 18.2 Å². The molecule has 1 amide bonds. The summed E-state index contributed by atoms with van der Waals surface area (Å²) in [6, 6.07) is 14.7. The highest BCUT2D eigenvalue weighted by molar-refractivity contribution is 5.93. The van der Waals surface area contributed by atoms with E-state index in [2.05, 4.69) is 22.1 Å². The van der Waals surface area contributed by atoms with Gasteiger partial charge in [-0.3, -0.25) is 13.9 Å². The first-order valence-electron chi connectivity index (χ1n) is 11.1. The number of nitrogens with zero attached hydrogens (tertiary/aromatic N) is 3. The van der Waals surface area contributed by atoms with Crippen molar-refractivity contribution in [3.8, 4) is 29.0 Å². The largest absolute Gasteiger partial charge is 0.457 e. The molecule has 4 aromatic rings. The van der Waals surface area contributed by atoms with Crippen molar-refractivity contribution in [3.63, 3.8) is 0 Å². The van der Waals surface area contributed by atoms with Gasteiger partial charge in [0.05, 0.1) is 11.2 Å². The number of nitrogens with one attached hydrogen (secondary N) is 1. The molecule has 2 aromatic carbocycles. The highest BCUT2D eigenvalue weighted by atomic mass is 19.1. The minimum atomic E-state index is -0.639. The maximum atomic E-state index is 15.3. The maximum Gasteiger partial charge on any atom is 0.334 e. The number of anilines is 1. The van der Waals surface area contributed by atoms with Crippen LogP contribution in [0.4, 0.5) is 10.2 Å². The predicted molar refractivity (Wildman–Crippen MR) is 130 cm³/mol. The van der Waals surface area contributed by atoms with Gasteiger partial charge >= 0.3 is 5.69 Å². The van der Waals surface area contributed by atoms with Crippen molar-refractivity contribution in [3.05, 3.63) is 77.1 Å². The lowest BCUT2D eigenvalue weighted by Gasteiger charge is -2.36. The molecule has 9 heteroatoms. The van der Waals surface area contributed by atoms with Gasteiger partial charge < -0.3 is 15.8 Å². The Kier molecular flexibility index (Phi) is 5.71. The van der Waals surface area contributed by atoms with Crippen LogP contribution in [0.3, 0.4) is 0 Å². The first kappa shape index (κ1) is 22.2. The van der Waals surface area contributed by atoms with Crippen molar-refractivity contribution < 1.29 is 13.9 Å². The third kappa shape index (κ3) is 4.10. The summed E-state index contributed by atoms with van der Waals surface area (Å²) in [5.41, 5.74) is 6.63. The van der Waals surface area contributed by atoms with E-state index >= 15 is 4.39 Å². The van der Waals surface area contributed by atoms with Crippen LogP contribution in [0.25, 0.3) is 16.7 Å². The quantitative estimate of drug-likeness (QED) is 0.433. The third-order valence-corrected chi connectivity index (χ3v) is 6.00. The van der Waals surface area contributed by atoms with Crippen LogP contribution in [0.1, 0.15) is 25.8 Å². The molecular weight excluding hydrogens is 449 g/mol. The first-order chi connectivity index (χ1) is 17.0. The topological polar surface area (TPSA) is 104 Å². The number of carbonyl (C=O) groups excluding carboxylic acids is 1. The van der Waals surface area contributed by atoms with E-state index in [0.717, 1.165) is 0 Å². The molecule has 1 fully saturated rings. The van der Waals surface area contributed by atoms with Crippen LogP contribution >= 0.6 is 0 Å². The molecule has 35 heavy (non-hydrogen) atoms. The van der Waals surface area contributed by atoms with E-state index in [4.69, 9.17) is 10.5 Å². The lowest BCUT2D eigenvalue weighted by atomic mass is 9.86. The van der Waals surface area contributed by atoms with Gasteiger partial charge in [0, 0.05) is 24.3 Å². The summed E-state index contributed by atoms with van der Waals surface area (Å²) in [6.45, 7) is 1.59. The van der Waals surface area contributed by atoms with E-state index in [1.54, 1.807) is 35.8 Å². The number of halogens is 1. The van der Waals surface area contributed by atoms with Crippen molar-refractivity contribution in [2.45, 2.75) is 31.8 Å². The molecule has 5 rings (SSSR count). The molecule has 1 aliphatic carbocycles. The molecule has 1 saturated carbocycles. The molecule has 8 nitrogen and oxygen atoms in total. The molecule has 0 aliphatic heterocycles. The van der Waals surface area contributed by atoms with Gasteiger partial charge in [0.1, 0.15) is 22.8 Å². The van der Waals surface area contributed by atoms with Crippen LogP contribution in [0, 0.1) is 17.7 Å². The molecule has 0 atom stereocenters. The number of benzene rings is 2. The average molecular weight is 471 g/mol. The predicted octanol–water partition coefficient (Wildman–Crippen LogP) is 3.54. The Labute approximate surface area is 200 Å². The van der Waals surface area contributed by atoms with Crippen LogP contribution in [-0.4, -0.2) is 26.1 Å². The molecule has 3 N–H and O–H groups in total. The van der Waals surface area contributed by atoms with Crippen LogP contribution in [0.5, 0.6) is 11.5 Å². The normalized spacial score (nSPS) is 16.7. The molecule has 0 radical (unpaired) electrons. The number of para-hydroxylation sites is 1. The number of hydrogen-bond donors (Lipinski definition) is 2. The van der Waals surface area contributed by atoms with E-state index in [0.29, 0.717) is 35.4 Å². The van der Waals surface area contributed by atoms with Gasteiger partial charge in [0.25, 0.3) is 5.91 Å². The number of nitrogen functional groups attached to an aromatic ring is 1. The second-order valence-electron chi connectivity index (χ2n) is 8.25. The van der Waals surface area contributed by atoms with Gasteiger partial charge in [-0.05, 0) is 56.0 Å². The fraction of sp³-hybridized carbons (Fsp3) is 0.192. The number of pyridine rings is 1. The number of aromatic nitrogens is 3. The number of hydrogen-bond acceptors (Lipinski definition) is 5. The van der Waals surface area contributed by atoms with Crippen LogP contribution < -0.4 is 21.5 Å². The summed E-state index contributed by atoms with van der Waals surface area (Å²) < 4.78 is 23.8. The second-order valence-corrected chi connectivity index (χ2v) is 8.25. The van der Waals surface area contributed by atoms with Crippen molar-refractivity contribution in [2.75, 3.05) is 5.73 Å². The summed E-state index contributed by atoms with van der Waals surface area (Å²) in [6.07, 6.45) is 2.61. The Morgan fingerprint density at radius 3 is 2.66 bits per heavy atom. The zero-order valence-corrected chi connectivity index (χ0v) is 18.9. The monoisotopic (exact) mass is 471 g/mol. The van der Waals surface area contributed by atoms with E-state index in [-0.39, 0.29) is 29.5 Å². The van der Waals surface area contributed by atoms with Gasteiger partial charge in [0.2, 0.25) is 0 Å². The first-order valence-corrected chi connectivity index (χ1v) is 11.1. The maximum absolute atomic E-state index is 15.3. The lowest BCUT2D eigenvalue weighted by Crippen LogP contribution is -2.46. The summed E-state index contributed by atoms with van der Waals surface area (Å²) in [4.78, 5) is 29.4. The number of imidazole rings is 1. The zero-order valence-electron chi connectivity index (χ0n) is 18.9. The number of nitrogens with two attached hydrogens (primary N) is 1. The molecule has 2 aromatic heterocycles. The third-order valence-electron chi connectivity index (χ3n) is 6.00. The minimum absolute atomic E-state index is 0.0428. The smallest absolute Gasteiger partial charge is 0.334 e. The van der Waals surface area contributed by atoms with Gasteiger partial charge in [-0.2, -0.15) is 0 Å². The standard InChI is InChI=1S/C26H22FN5O3/c1-2-6-23(33)30-16-13-17(14-16)31-22-11-12-29-25(28)24(22)32(26(31)34)21-10-9-19(15-20(21)27)35-18-7-4-3-5-8-18/h3-5,7-12,15-17H,13-14H2,1H3,(H2,28,29)(H,30,33)/t16-,17+. The Balaban J connectivity index is 1.51. The molecule has 2 heterocycles. The average Bonchev–Trinajstić information content (AvgIpc) is 3.10. The number of amides is 1. The molecule has 0 bridgehead atoms. The molecule has 176 valence electrons. The summed E-state index contributed by atoms with van der Waals surface area (Å²) in [5, 5.41) is 2.82. The van der Waals surface area contributed by atoms with Crippen LogP contribution in [-0.2, 0) is 4.79 Å². The molecule has 0 saturated heterocycles. The Bertz CT molecular complexity index is 1540. The highest BCUT2D eigenvalue weighted by Crippen LogP contribution is 2.35. The lowest BCUT2D eigenvalue weighted by molar-refractivity contribution is -0.117. The molecule has 0 unspecified atom stereocenters. The Hall–Kier alpha value is -4.58. The summed E-state index contributed by atoms with van der Waals surface area (Å²) in [5.74, 6) is 5.01. The summed E-state index contributed by atoms with van der Waals surface area (Å²) >= 11 is 0. The van der Waals surface area contributed by atoms with Crippen molar-refractivity contribution in [1.82, 2.24) is 19.4 Å². The summed E-state index contributed by atoms with van der Waals surface area (Å²) in [7, 11) is 0. The minimum Gasteiger partial charge on any atom is -0.457 e. The Morgan fingerprint density at radius 1 is 1.17 bits per heavy atom. The fourth-order valence-electron chi connectivity index (χ4n) is 4.37. The van der Waals surface area contributed by atoms with Gasteiger partial charge in [-0.15, -0.1) is 0 Å². The molecular formula is C26H22FN5O3. The molecule has 1 aliphatic rings. The van der Waals surface area contributed by atoms with E-state index < -0.39 is 11.5 Å². The van der Waals surface area contributed by atoms with Crippen molar-refractivity contribution in [2.24, 2.45) is 0 Å². The van der Waals surface area contributed by atoms with Crippen molar-refractivity contribution in [1.29, 1.82) is 0 Å². The second kappa shape index (κ2) is 8.99. The molecule has 0 spiro atoms.